The predicted molar refractivity (Wildman–Crippen MR) is 136 cm³/mol. The molecule has 0 aliphatic rings. The van der Waals surface area contributed by atoms with Crippen LogP contribution in [0.1, 0.15) is 31.1 Å². The van der Waals surface area contributed by atoms with Gasteiger partial charge in [-0.2, -0.15) is 0 Å². The van der Waals surface area contributed by atoms with Gasteiger partial charge in [0.05, 0.1) is 44.1 Å². The Bertz CT molecular complexity index is 1280. The van der Waals surface area contributed by atoms with Gasteiger partial charge in [0.15, 0.2) is 5.78 Å². The summed E-state index contributed by atoms with van der Waals surface area (Å²) in [5.74, 6) is -1.58. The lowest BCUT2D eigenvalue weighted by atomic mass is 10.1. The summed E-state index contributed by atoms with van der Waals surface area (Å²) < 4.78 is 5.09. The lowest BCUT2D eigenvalue weighted by Crippen LogP contribution is -2.18. The molecule has 2 N–H and O–H groups in total. The summed E-state index contributed by atoms with van der Waals surface area (Å²) in [6, 6.07) is 13.5. The third kappa shape index (κ3) is 5.79. The van der Waals surface area contributed by atoms with Crippen LogP contribution in [-0.4, -0.2) is 35.6 Å². The number of ether oxygens (including phenoxy) is 1. The van der Waals surface area contributed by atoms with E-state index in [0.717, 1.165) is 0 Å². The number of carboxylic acids is 1. The van der Waals surface area contributed by atoms with Gasteiger partial charge in [0, 0.05) is 16.1 Å². The van der Waals surface area contributed by atoms with Crippen LogP contribution >= 0.6 is 58.2 Å². The van der Waals surface area contributed by atoms with E-state index in [9.17, 15) is 19.5 Å². The molecule has 0 radical (unpaired) electrons. The number of aromatic carboxylic acids is 1. The second kappa shape index (κ2) is 11.3. The maximum absolute atomic E-state index is 12.9. The number of Topliss-reactive ketones (excluding diaryl/α,β-unsaturated/α-hetero) is 1. The molecule has 3 aromatic rings. The maximum Gasteiger partial charge on any atom is 0.338 e. The SMILES string of the molecule is COc1ccc(C(=O)CSc2cccc(NC(=O)c3c(Cl)c(Cl)c(Cl)c(Cl)c3C(=O)O)c2)cc1. The molecule has 6 nitrogen and oxygen atoms in total. The molecule has 1 amide bonds. The van der Waals surface area contributed by atoms with Gasteiger partial charge in [-0.15, -0.1) is 11.8 Å². The summed E-state index contributed by atoms with van der Waals surface area (Å²) in [4.78, 5) is 37.8. The Kier molecular flexibility index (Phi) is 8.73. The molecule has 0 saturated carbocycles. The third-order valence-electron chi connectivity index (χ3n) is 4.58. The van der Waals surface area contributed by atoms with Gasteiger partial charge >= 0.3 is 5.97 Å². The summed E-state index contributed by atoms with van der Waals surface area (Å²) in [5.41, 5.74) is -0.0814. The van der Waals surface area contributed by atoms with Crippen molar-refractivity contribution in [1.29, 1.82) is 0 Å². The number of benzene rings is 3. The highest BCUT2D eigenvalue weighted by Crippen LogP contribution is 2.42. The molecule has 0 saturated heterocycles. The lowest BCUT2D eigenvalue weighted by molar-refractivity contribution is 0.0692. The molecule has 11 heteroatoms. The van der Waals surface area contributed by atoms with Crippen LogP contribution < -0.4 is 10.1 Å². The minimum atomic E-state index is -1.49. The highest BCUT2D eigenvalue weighted by atomic mass is 35.5. The van der Waals surface area contributed by atoms with Crippen molar-refractivity contribution in [3.05, 3.63) is 85.3 Å². The van der Waals surface area contributed by atoms with Gasteiger partial charge in [0.25, 0.3) is 5.91 Å². The summed E-state index contributed by atoms with van der Waals surface area (Å²) in [7, 11) is 1.55. The second-order valence-electron chi connectivity index (χ2n) is 6.73. The maximum atomic E-state index is 12.9. The fourth-order valence-electron chi connectivity index (χ4n) is 2.91. The number of nitrogens with one attached hydrogen (secondary N) is 1. The van der Waals surface area contributed by atoms with Crippen molar-refractivity contribution in [3.63, 3.8) is 0 Å². The van der Waals surface area contributed by atoms with Crippen molar-refractivity contribution >= 4 is 81.5 Å². The summed E-state index contributed by atoms with van der Waals surface area (Å²) in [6.45, 7) is 0. The van der Waals surface area contributed by atoms with Gasteiger partial charge < -0.3 is 15.2 Å². The quantitative estimate of drug-likeness (QED) is 0.131. The van der Waals surface area contributed by atoms with Crippen molar-refractivity contribution in [3.8, 4) is 5.75 Å². The number of carbonyl (C=O) groups is 3. The highest BCUT2D eigenvalue weighted by Gasteiger charge is 2.29. The Hall–Kier alpha value is -2.42. The van der Waals surface area contributed by atoms with Crippen molar-refractivity contribution in [1.82, 2.24) is 0 Å². The Labute approximate surface area is 219 Å². The number of methoxy groups -OCH3 is 1. The molecule has 0 fully saturated rings. The second-order valence-corrected chi connectivity index (χ2v) is 9.29. The van der Waals surface area contributed by atoms with E-state index in [0.29, 0.717) is 21.9 Å². The van der Waals surface area contributed by atoms with Gasteiger partial charge in [-0.25, -0.2) is 4.79 Å². The first kappa shape index (κ1) is 26.2. The number of rotatable bonds is 8. The van der Waals surface area contributed by atoms with Crippen LogP contribution in [0.25, 0.3) is 0 Å². The molecule has 0 aliphatic heterocycles. The fourth-order valence-corrected chi connectivity index (χ4v) is 4.78. The van der Waals surface area contributed by atoms with Crippen LogP contribution in [0, 0.1) is 0 Å². The smallest absolute Gasteiger partial charge is 0.338 e. The molecule has 34 heavy (non-hydrogen) atoms. The van der Waals surface area contributed by atoms with E-state index in [1.165, 1.54) is 11.8 Å². The van der Waals surface area contributed by atoms with Crippen molar-refractivity contribution < 1.29 is 24.2 Å². The minimum Gasteiger partial charge on any atom is -0.497 e. The third-order valence-corrected chi connectivity index (χ3v) is 7.38. The van der Waals surface area contributed by atoms with Gasteiger partial charge in [-0.05, 0) is 42.5 Å². The zero-order valence-corrected chi connectivity index (χ0v) is 21.2. The standard InChI is InChI=1S/C23H15Cl4NO5S/c1-33-13-7-5-11(6-8-13)15(29)10-34-14-4-2-3-12(9-14)28-22(30)16-17(23(31)32)19(25)21(27)20(26)18(16)24/h2-9H,10H2,1H3,(H,28,30)(H,31,32). The van der Waals surface area contributed by atoms with E-state index < -0.39 is 28.0 Å². The molecule has 0 bridgehead atoms. The first-order valence-corrected chi connectivity index (χ1v) is 11.9. The van der Waals surface area contributed by atoms with E-state index in [4.69, 9.17) is 51.1 Å². The van der Waals surface area contributed by atoms with E-state index >= 15 is 0 Å². The Morgan fingerprint density at radius 1 is 0.912 bits per heavy atom. The van der Waals surface area contributed by atoms with Crippen LogP contribution in [0.4, 0.5) is 5.69 Å². The molecule has 176 valence electrons. The summed E-state index contributed by atoms with van der Waals surface area (Å²) >= 11 is 25.3. The molecular formula is C23H15Cl4NO5S. The van der Waals surface area contributed by atoms with E-state index in [1.807, 2.05) is 0 Å². The topological polar surface area (TPSA) is 92.7 Å². The average molecular weight is 559 g/mol. The van der Waals surface area contributed by atoms with Crippen LogP contribution in [0.15, 0.2) is 53.4 Å². The van der Waals surface area contributed by atoms with Crippen molar-refractivity contribution in [2.75, 3.05) is 18.2 Å². The van der Waals surface area contributed by atoms with Crippen LogP contribution in [-0.2, 0) is 0 Å². The first-order valence-electron chi connectivity index (χ1n) is 9.44. The molecule has 3 aromatic carbocycles. The molecule has 0 unspecified atom stereocenters. The number of carboxylic acid groups (broad SMARTS) is 1. The van der Waals surface area contributed by atoms with Crippen molar-refractivity contribution in [2.24, 2.45) is 0 Å². The Balaban J connectivity index is 1.77. The van der Waals surface area contributed by atoms with Crippen LogP contribution in [0.5, 0.6) is 5.75 Å². The van der Waals surface area contributed by atoms with Gasteiger partial charge in [-0.3, -0.25) is 9.59 Å². The van der Waals surface area contributed by atoms with Gasteiger partial charge in [0.2, 0.25) is 0 Å². The minimum absolute atomic E-state index is 0.0783. The zero-order chi connectivity index (χ0) is 25.0. The predicted octanol–water partition coefficient (Wildman–Crippen LogP) is 7.23. The molecule has 0 aromatic heterocycles. The Morgan fingerprint density at radius 2 is 1.53 bits per heavy atom. The fraction of sp³-hybridized carbons (Fsp3) is 0.0870. The number of amides is 1. The molecule has 0 aliphatic carbocycles. The number of halogens is 4. The number of hydrogen-bond acceptors (Lipinski definition) is 5. The van der Waals surface area contributed by atoms with E-state index in [2.05, 4.69) is 5.32 Å². The number of anilines is 1. The monoisotopic (exact) mass is 557 g/mol. The molecular weight excluding hydrogens is 544 g/mol. The van der Waals surface area contributed by atoms with E-state index in [1.54, 1.807) is 55.6 Å². The number of thioether (sulfide) groups is 1. The van der Waals surface area contributed by atoms with Gasteiger partial charge in [-0.1, -0.05) is 52.5 Å². The Morgan fingerprint density at radius 3 is 2.12 bits per heavy atom. The number of carbonyl (C=O) groups excluding carboxylic acids is 2. The number of hydrogen-bond donors (Lipinski definition) is 2. The lowest BCUT2D eigenvalue weighted by Gasteiger charge is -2.14. The highest BCUT2D eigenvalue weighted by molar-refractivity contribution is 8.00. The van der Waals surface area contributed by atoms with Gasteiger partial charge in [0.1, 0.15) is 5.75 Å². The molecule has 0 spiro atoms. The molecule has 3 rings (SSSR count). The zero-order valence-electron chi connectivity index (χ0n) is 17.3. The molecule has 0 atom stereocenters. The largest absolute Gasteiger partial charge is 0.497 e. The van der Waals surface area contributed by atoms with Crippen LogP contribution in [0.2, 0.25) is 20.1 Å². The van der Waals surface area contributed by atoms with E-state index in [-0.39, 0.29) is 26.6 Å². The normalized spacial score (nSPS) is 10.6. The number of ketones is 1. The first-order chi connectivity index (χ1) is 16.1. The van der Waals surface area contributed by atoms with Crippen molar-refractivity contribution in [2.45, 2.75) is 4.90 Å². The van der Waals surface area contributed by atoms with Crippen LogP contribution in [0.3, 0.4) is 0 Å². The summed E-state index contributed by atoms with van der Waals surface area (Å²) in [6.07, 6.45) is 0. The molecule has 0 heterocycles. The average Bonchev–Trinajstić information content (AvgIpc) is 2.83. The summed E-state index contributed by atoms with van der Waals surface area (Å²) in [5, 5.41) is 10.9.